The number of ether oxygens (including phenoxy) is 1. The molecule has 0 spiro atoms. The number of fused-ring (bicyclic) bond motifs is 1. The minimum atomic E-state index is -3.43. The molecule has 0 unspecified atom stereocenters. The zero-order valence-electron chi connectivity index (χ0n) is 12.5. The molecule has 116 valence electrons. The maximum atomic E-state index is 12.9. The van der Waals surface area contributed by atoms with Crippen LogP contribution in [0.1, 0.15) is 18.4 Å². The number of aryl methyl sites for hydroxylation is 1. The van der Waals surface area contributed by atoms with E-state index in [1.165, 1.54) is 0 Å². The average molecular weight is 310 g/mol. The summed E-state index contributed by atoms with van der Waals surface area (Å²) < 4.78 is 32.8. The van der Waals surface area contributed by atoms with Gasteiger partial charge < -0.3 is 10.1 Å². The number of benzene rings is 1. The van der Waals surface area contributed by atoms with Crippen molar-refractivity contribution in [1.29, 1.82) is 0 Å². The van der Waals surface area contributed by atoms with Crippen molar-refractivity contribution >= 4 is 10.0 Å². The smallest absolute Gasteiger partial charge is 0.243 e. The molecule has 0 saturated carbocycles. The number of rotatable bonds is 3. The Labute approximate surface area is 126 Å². The summed E-state index contributed by atoms with van der Waals surface area (Å²) in [6, 6.07) is 5.19. The summed E-state index contributed by atoms with van der Waals surface area (Å²) in [5.74, 6) is 1.17. The topological polar surface area (TPSA) is 58.6 Å². The number of piperidine rings is 1. The van der Waals surface area contributed by atoms with Gasteiger partial charge in [-0.3, -0.25) is 0 Å². The first-order valence-corrected chi connectivity index (χ1v) is 8.85. The van der Waals surface area contributed by atoms with Gasteiger partial charge in [0.15, 0.2) is 0 Å². The van der Waals surface area contributed by atoms with Crippen molar-refractivity contribution in [2.75, 3.05) is 26.7 Å². The normalized spacial score (nSPS) is 26.6. The summed E-state index contributed by atoms with van der Waals surface area (Å²) in [5.41, 5.74) is 0.844. The predicted octanol–water partition coefficient (Wildman–Crippen LogP) is 1.38. The first kappa shape index (κ1) is 14.8. The summed E-state index contributed by atoms with van der Waals surface area (Å²) in [6.45, 7) is 4.18. The Morgan fingerprint density at radius 3 is 2.86 bits per heavy atom. The fraction of sp³-hybridized carbons (Fsp3) is 0.600. The molecule has 5 nitrogen and oxygen atoms in total. The Balaban J connectivity index is 1.94. The molecule has 0 amide bonds. The van der Waals surface area contributed by atoms with E-state index >= 15 is 0 Å². The molecule has 0 radical (unpaired) electrons. The van der Waals surface area contributed by atoms with Gasteiger partial charge in [0.1, 0.15) is 5.75 Å². The molecular weight excluding hydrogens is 288 g/mol. The van der Waals surface area contributed by atoms with Crippen molar-refractivity contribution in [3.05, 3.63) is 23.8 Å². The van der Waals surface area contributed by atoms with Crippen LogP contribution in [-0.2, 0) is 10.0 Å². The largest absolute Gasteiger partial charge is 0.496 e. The number of sulfonamides is 1. The van der Waals surface area contributed by atoms with Gasteiger partial charge in [0.05, 0.1) is 12.0 Å². The molecule has 2 aliphatic heterocycles. The van der Waals surface area contributed by atoms with Gasteiger partial charge in [-0.25, -0.2) is 8.42 Å². The van der Waals surface area contributed by atoms with Crippen LogP contribution in [0.2, 0.25) is 0 Å². The van der Waals surface area contributed by atoms with E-state index in [0.717, 1.165) is 31.5 Å². The van der Waals surface area contributed by atoms with Gasteiger partial charge in [-0.2, -0.15) is 4.31 Å². The highest BCUT2D eigenvalue weighted by Crippen LogP contribution is 2.32. The lowest BCUT2D eigenvalue weighted by Crippen LogP contribution is -2.48. The van der Waals surface area contributed by atoms with Crippen molar-refractivity contribution in [3.63, 3.8) is 0 Å². The van der Waals surface area contributed by atoms with Gasteiger partial charge in [-0.05, 0) is 56.0 Å². The second-order valence-electron chi connectivity index (χ2n) is 5.88. The van der Waals surface area contributed by atoms with Crippen molar-refractivity contribution in [2.45, 2.75) is 30.7 Å². The van der Waals surface area contributed by atoms with Gasteiger partial charge in [-0.1, -0.05) is 0 Å². The van der Waals surface area contributed by atoms with Crippen LogP contribution in [0.3, 0.4) is 0 Å². The lowest BCUT2D eigenvalue weighted by atomic mass is 9.94. The van der Waals surface area contributed by atoms with E-state index in [2.05, 4.69) is 5.32 Å². The van der Waals surface area contributed by atoms with Crippen LogP contribution < -0.4 is 10.1 Å². The summed E-state index contributed by atoms with van der Waals surface area (Å²) in [5, 5.41) is 3.32. The molecule has 1 aromatic rings. The van der Waals surface area contributed by atoms with Crippen LogP contribution in [-0.4, -0.2) is 45.5 Å². The van der Waals surface area contributed by atoms with Crippen LogP contribution in [0.4, 0.5) is 0 Å². The Morgan fingerprint density at radius 2 is 2.14 bits per heavy atom. The Bertz CT molecular complexity index is 630. The quantitative estimate of drug-likeness (QED) is 0.916. The number of methoxy groups -OCH3 is 1. The van der Waals surface area contributed by atoms with E-state index in [1.54, 1.807) is 29.6 Å². The van der Waals surface area contributed by atoms with E-state index in [9.17, 15) is 8.42 Å². The highest BCUT2D eigenvalue weighted by molar-refractivity contribution is 7.89. The van der Waals surface area contributed by atoms with Crippen LogP contribution in [0, 0.1) is 12.8 Å². The van der Waals surface area contributed by atoms with Crippen molar-refractivity contribution in [3.8, 4) is 5.75 Å². The first-order chi connectivity index (χ1) is 10.0. The third-order valence-corrected chi connectivity index (χ3v) is 6.52. The van der Waals surface area contributed by atoms with Crippen LogP contribution in [0.15, 0.2) is 23.1 Å². The molecule has 2 aliphatic rings. The summed E-state index contributed by atoms with van der Waals surface area (Å²) in [6.07, 6.45) is 2.06. The maximum Gasteiger partial charge on any atom is 0.243 e. The second kappa shape index (κ2) is 5.59. The fourth-order valence-corrected chi connectivity index (χ4v) is 5.28. The Morgan fingerprint density at radius 1 is 1.33 bits per heavy atom. The first-order valence-electron chi connectivity index (χ1n) is 7.41. The van der Waals surface area contributed by atoms with Gasteiger partial charge in [0.2, 0.25) is 10.0 Å². The molecule has 3 rings (SSSR count). The molecule has 2 fully saturated rings. The van der Waals surface area contributed by atoms with E-state index in [-0.39, 0.29) is 6.04 Å². The van der Waals surface area contributed by atoms with Crippen molar-refractivity contribution in [2.24, 2.45) is 5.92 Å². The van der Waals surface area contributed by atoms with E-state index < -0.39 is 10.0 Å². The minimum absolute atomic E-state index is 0.103. The highest BCUT2D eigenvalue weighted by Gasteiger charge is 2.41. The number of nitrogens with zero attached hydrogens (tertiary/aromatic N) is 1. The zero-order chi connectivity index (χ0) is 15.0. The highest BCUT2D eigenvalue weighted by atomic mass is 32.2. The number of hydrogen-bond donors (Lipinski definition) is 1. The average Bonchev–Trinajstić information content (AvgIpc) is 2.95. The summed E-state index contributed by atoms with van der Waals surface area (Å²) >= 11 is 0. The van der Waals surface area contributed by atoms with Gasteiger partial charge in [0.25, 0.3) is 0 Å². The third kappa shape index (κ3) is 2.56. The summed E-state index contributed by atoms with van der Waals surface area (Å²) in [7, 11) is -1.83. The number of nitrogens with one attached hydrogen (secondary N) is 1. The fourth-order valence-electron chi connectivity index (χ4n) is 3.47. The zero-order valence-corrected chi connectivity index (χ0v) is 13.3. The molecule has 1 aromatic carbocycles. The van der Waals surface area contributed by atoms with E-state index in [1.807, 2.05) is 6.92 Å². The van der Waals surface area contributed by atoms with Crippen LogP contribution in [0.5, 0.6) is 5.75 Å². The maximum absolute atomic E-state index is 12.9. The predicted molar refractivity (Wildman–Crippen MR) is 81.0 cm³/mol. The molecule has 0 aromatic heterocycles. The lowest BCUT2D eigenvalue weighted by molar-refractivity contribution is 0.217. The molecular formula is C15H22N2O3S. The van der Waals surface area contributed by atoms with E-state index in [4.69, 9.17) is 4.74 Å². The molecule has 2 saturated heterocycles. The van der Waals surface area contributed by atoms with Crippen LogP contribution in [0.25, 0.3) is 0 Å². The Kier molecular flexibility index (Phi) is 3.94. The van der Waals surface area contributed by atoms with Gasteiger partial charge in [-0.15, -0.1) is 0 Å². The SMILES string of the molecule is COc1ccc(S(=O)(=O)N2CCC[C@H]3CNC[C@H]32)cc1C. The molecule has 1 N–H and O–H groups in total. The molecule has 0 bridgehead atoms. The second-order valence-corrected chi connectivity index (χ2v) is 7.77. The third-order valence-electron chi connectivity index (χ3n) is 4.60. The monoisotopic (exact) mass is 310 g/mol. The molecule has 0 aliphatic carbocycles. The molecule has 21 heavy (non-hydrogen) atoms. The van der Waals surface area contributed by atoms with Crippen molar-refractivity contribution in [1.82, 2.24) is 9.62 Å². The Hall–Kier alpha value is -1.11. The standard InChI is InChI=1S/C15H22N2O3S/c1-11-8-13(5-6-15(11)20-2)21(18,19)17-7-3-4-12-9-16-10-14(12)17/h5-6,8,12,14,16H,3-4,7,9-10H2,1-2H3/t12-,14+/m0/s1. The van der Waals surface area contributed by atoms with Gasteiger partial charge in [0, 0.05) is 19.1 Å². The molecule has 6 heteroatoms. The summed E-state index contributed by atoms with van der Waals surface area (Å²) in [4.78, 5) is 0.369. The minimum Gasteiger partial charge on any atom is -0.496 e. The van der Waals surface area contributed by atoms with Crippen molar-refractivity contribution < 1.29 is 13.2 Å². The lowest BCUT2D eigenvalue weighted by Gasteiger charge is -2.36. The number of hydrogen-bond acceptors (Lipinski definition) is 4. The van der Waals surface area contributed by atoms with Gasteiger partial charge >= 0.3 is 0 Å². The van der Waals surface area contributed by atoms with E-state index in [0.29, 0.717) is 23.1 Å². The molecule has 2 atom stereocenters. The molecule has 2 heterocycles. The van der Waals surface area contributed by atoms with Crippen LogP contribution >= 0.6 is 0 Å².